The molecule has 0 bridgehead atoms. The summed E-state index contributed by atoms with van der Waals surface area (Å²) in [7, 11) is -3.54. The van der Waals surface area contributed by atoms with E-state index in [9.17, 15) is 8.42 Å². The van der Waals surface area contributed by atoms with Crippen LogP contribution in [0.4, 0.5) is 0 Å². The smallest absolute Gasteiger partial charge is 0.325 e. The highest BCUT2D eigenvalue weighted by molar-refractivity contribution is 7.86. The maximum Gasteiger partial charge on any atom is 0.325 e. The lowest BCUT2D eigenvalue weighted by Crippen LogP contribution is -2.03. The van der Waals surface area contributed by atoms with Crippen molar-refractivity contribution >= 4 is 16.3 Å². The van der Waals surface area contributed by atoms with Crippen molar-refractivity contribution in [2.75, 3.05) is 6.26 Å². The van der Waals surface area contributed by atoms with Crippen molar-refractivity contribution in [1.82, 2.24) is 0 Å². The van der Waals surface area contributed by atoms with E-state index < -0.39 is 10.1 Å². The molecule has 0 atom stereocenters. The van der Waals surface area contributed by atoms with Crippen molar-refractivity contribution in [1.29, 1.82) is 0 Å². The highest BCUT2D eigenvalue weighted by atomic mass is 32.2. The van der Waals surface area contributed by atoms with Crippen molar-refractivity contribution in [3.63, 3.8) is 0 Å². The van der Waals surface area contributed by atoms with Crippen LogP contribution in [-0.4, -0.2) is 20.9 Å². The molecule has 0 aromatic heterocycles. The van der Waals surface area contributed by atoms with Gasteiger partial charge in [0, 0.05) is 6.08 Å². The quantitative estimate of drug-likeness (QED) is 0.589. The molecule has 0 aromatic rings. The molecule has 5 nitrogen and oxygen atoms in total. The molecule has 0 saturated heterocycles. The van der Waals surface area contributed by atoms with Gasteiger partial charge in [0.1, 0.15) is 0 Å². The zero-order valence-corrected chi connectivity index (χ0v) is 7.11. The highest BCUT2D eigenvalue weighted by Gasteiger charge is 2.08. The van der Waals surface area contributed by atoms with E-state index in [2.05, 4.69) is 14.2 Å². The van der Waals surface area contributed by atoms with Crippen LogP contribution >= 0.6 is 0 Å². The van der Waals surface area contributed by atoms with Gasteiger partial charge in [-0.25, -0.2) is 0 Å². The van der Waals surface area contributed by atoms with Gasteiger partial charge in [0.15, 0.2) is 0 Å². The van der Waals surface area contributed by atoms with E-state index in [0.717, 1.165) is 6.26 Å². The highest BCUT2D eigenvalue weighted by Crippen LogP contribution is 2.06. The van der Waals surface area contributed by atoms with Crippen LogP contribution in [0, 0.1) is 0 Å². The second-order valence-electron chi connectivity index (χ2n) is 2.00. The summed E-state index contributed by atoms with van der Waals surface area (Å²) in [5, 5.41) is 3.37. The van der Waals surface area contributed by atoms with Crippen molar-refractivity contribution in [3.8, 4) is 0 Å². The molecule has 0 fully saturated rings. The summed E-state index contributed by atoms with van der Waals surface area (Å²) in [6, 6.07) is 0. The van der Waals surface area contributed by atoms with Crippen molar-refractivity contribution < 1.29 is 17.4 Å². The summed E-state index contributed by atoms with van der Waals surface area (Å²) >= 11 is 0. The lowest BCUT2D eigenvalue weighted by molar-refractivity contribution is 0.120. The van der Waals surface area contributed by atoms with E-state index in [1.165, 1.54) is 12.3 Å². The Balaban J connectivity index is 2.71. The molecular formula is C6H7NO4S. The number of rotatable bonds is 2. The molecule has 0 saturated carbocycles. The fourth-order valence-corrected chi connectivity index (χ4v) is 0.908. The van der Waals surface area contributed by atoms with E-state index in [-0.39, 0.29) is 5.95 Å². The molecule has 0 spiro atoms. The molecule has 0 aromatic carbocycles. The zero-order valence-electron chi connectivity index (χ0n) is 6.30. The Kier molecular flexibility index (Phi) is 2.49. The normalized spacial score (nSPS) is 16.2. The molecule has 0 aliphatic carbocycles. The molecule has 1 heterocycles. The van der Waals surface area contributed by atoms with Crippen LogP contribution in [0.5, 0.6) is 0 Å². The Morgan fingerprint density at radius 2 is 2.25 bits per heavy atom. The van der Waals surface area contributed by atoms with Crippen LogP contribution in [0.3, 0.4) is 0 Å². The molecule has 66 valence electrons. The van der Waals surface area contributed by atoms with Crippen LogP contribution < -0.4 is 0 Å². The first-order valence-corrected chi connectivity index (χ1v) is 4.86. The van der Waals surface area contributed by atoms with E-state index in [4.69, 9.17) is 0 Å². The Hall–Kier alpha value is -1.30. The van der Waals surface area contributed by atoms with Crippen LogP contribution in [0.2, 0.25) is 0 Å². The van der Waals surface area contributed by atoms with Gasteiger partial charge in [0.05, 0.1) is 12.5 Å². The Morgan fingerprint density at radius 3 is 2.92 bits per heavy atom. The van der Waals surface area contributed by atoms with Gasteiger partial charge in [-0.15, -0.1) is 0 Å². The topological polar surface area (TPSA) is 65.0 Å². The molecule has 6 heteroatoms. The molecular weight excluding hydrogens is 182 g/mol. The third-order valence-corrected chi connectivity index (χ3v) is 1.33. The van der Waals surface area contributed by atoms with E-state index in [1.54, 1.807) is 12.2 Å². The third kappa shape index (κ3) is 3.20. The third-order valence-electron chi connectivity index (χ3n) is 0.867. The van der Waals surface area contributed by atoms with Crippen molar-refractivity contribution in [3.05, 3.63) is 24.2 Å². The fourth-order valence-electron chi connectivity index (χ4n) is 0.524. The SMILES string of the molecule is CS(=O)(=O)OC1=CC=CC=NO1. The molecule has 0 N–H and O–H groups in total. The van der Waals surface area contributed by atoms with Gasteiger partial charge < -0.3 is 9.02 Å². The fraction of sp³-hybridized carbons (Fsp3) is 0.167. The van der Waals surface area contributed by atoms with Gasteiger partial charge in [0.25, 0.3) is 0 Å². The van der Waals surface area contributed by atoms with E-state index in [1.807, 2.05) is 0 Å². The van der Waals surface area contributed by atoms with Gasteiger partial charge in [-0.1, -0.05) is 11.2 Å². The Bertz CT molecular complexity index is 339. The second kappa shape index (κ2) is 3.40. The van der Waals surface area contributed by atoms with Gasteiger partial charge in [0.2, 0.25) is 0 Å². The summed E-state index contributed by atoms with van der Waals surface area (Å²) in [6.45, 7) is 0. The second-order valence-corrected chi connectivity index (χ2v) is 3.58. The van der Waals surface area contributed by atoms with Crippen LogP contribution in [0.25, 0.3) is 0 Å². The first-order valence-electron chi connectivity index (χ1n) is 3.05. The predicted octanol–water partition coefficient (Wildman–Crippen LogP) is 0.376. The first-order chi connectivity index (χ1) is 5.58. The first kappa shape index (κ1) is 8.79. The Labute approximate surface area is 70.1 Å². The van der Waals surface area contributed by atoms with Gasteiger partial charge in [-0.2, -0.15) is 8.42 Å². The van der Waals surface area contributed by atoms with Crippen molar-refractivity contribution in [2.24, 2.45) is 5.16 Å². The monoisotopic (exact) mass is 189 g/mol. The Morgan fingerprint density at radius 1 is 1.50 bits per heavy atom. The zero-order chi connectivity index (χ0) is 9.03. The molecule has 0 unspecified atom stereocenters. The minimum absolute atomic E-state index is 0.164. The molecule has 0 amide bonds. The van der Waals surface area contributed by atoms with E-state index >= 15 is 0 Å². The minimum Gasteiger partial charge on any atom is -0.344 e. The molecule has 1 aliphatic heterocycles. The average molecular weight is 189 g/mol. The lowest BCUT2D eigenvalue weighted by atomic mass is 10.5. The van der Waals surface area contributed by atoms with Crippen LogP contribution in [-0.2, 0) is 19.1 Å². The van der Waals surface area contributed by atoms with Gasteiger partial charge in [-0.3, -0.25) is 0 Å². The minimum atomic E-state index is -3.54. The van der Waals surface area contributed by atoms with E-state index in [0.29, 0.717) is 0 Å². The van der Waals surface area contributed by atoms with Crippen molar-refractivity contribution in [2.45, 2.75) is 0 Å². The standard InChI is InChI=1S/C6H7NO4S/c1-12(8,9)11-6-4-2-3-5-7-10-6/h2-5H,1H3. The van der Waals surface area contributed by atoms with Crippen LogP contribution in [0.1, 0.15) is 0 Å². The summed E-state index contributed by atoms with van der Waals surface area (Å²) in [5.74, 6) is -0.164. The number of oxime groups is 1. The number of hydrogen-bond donors (Lipinski definition) is 0. The number of allylic oxidation sites excluding steroid dienone is 3. The van der Waals surface area contributed by atoms with Crippen LogP contribution in [0.15, 0.2) is 29.3 Å². The average Bonchev–Trinajstić information content (AvgIpc) is 2.12. The summed E-state index contributed by atoms with van der Waals surface area (Å²) < 4.78 is 25.6. The maximum atomic E-state index is 10.6. The number of hydrogen-bond acceptors (Lipinski definition) is 5. The molecule has 1 aliphatic rings. The summed E-state index contributed by atoms with van der Waals surface area (Å²) in [4.78, 5) is 4.55. The number of nitrogens with zero attached hydrogens (tertiary/aromatic N) is 1. The van der Waals surface area contributed by atoms with Gasteiger partial charge in [-0.05, 0) is 6.08 Å². The summed E-state index contributed by atoms with van der Waals surface area (Å²) in [5.41, 5.74) is 0. The van der Waals surface area contributed by atoms with Gasteiger partial charge >= 0.3 is 16.1 Å². The molecule has 1 rings (SSSR count). The lowest BCUT2D eigenvalue weighted by Gasteiger charge is -2.01. The largest absolute Gasteiger partial charge is 0.344 e. The molecule has 12 heavy (non-hydrogen) atoms. The molecule has 0 radical (unpaired) electrons. The predicted molar refractivity (Wildman–Crippen MR) is 42.7 cm³/mol. The maximum absolute atomic E-state index is 10.6. The summed E-state index contributed by atoms with van der Waals surface area (Å²) in [6.07, 6.45) is 6.79.